The Bertz CT molecular complexity index is 640. The third-order valence-corrected chi connectivity index (χ3v) is 4.71. The molecule has 27 heavy (non-hydrogen) atoms. The number of carbonyl (C=O) groups is 3. The van der Waals surface area contributed by atoms with Crippen LogP contribution >= 0.6 is 0 Å². The van der Waals surface area contributed by atoms with Crippen molar-refractivity contribution in [3.63, 3.8) is 0 Å². The van der Waals surface area contributed by atoms with Crippen molar-refractivity contribution >= 4 is 23.6 Å². The number of likely N-dealkylation sites (tertiary alicyclic amines) is 1. The van der Waals surface area contributed by atoms with Gasteiger partial charge in [0.05, 0.1) is 0 Å². The first kappa shape index (κ1) is 20.7. The second-order valence-electron chi connectivity index (χ2n) is 7.36. The van der Waals surface area contributed by atoms with Gasteiger partial charge in [-0.1, -0.05) is 39.0 Å². The van der Waals surface area contributed by atoms with Gasteiger partial charge in [0.1, 0.15) is 6.04 Å². The summed E-state index contributed by atoms with van der Waals surface area (Å²) in [6.45, 7) is 6.89. The maximum atomic E-state index is 12.4. The molecule has 1 saturated heterocycles. The van der Waals surface area contributed by atoms with E-state index in [4.69, 9.17) is 4.74 Å². The third-order valence-electron chi connectivity index (χ3n) is 4.71. The van der Waals surface area contributed by atoms with Crippen molar-refractivity contribution in [2.45, 2.75) is 39.7 Å². The summed E-state index contributed by atoms with van der Waals surface area (Å²) in [6.07, 6.45) is 1.94. The van der Waals surface area contributed by atoms with Crippen molar-refractivity contribution in [2.75, 3.05) is 25.0 Å². The standard InChI is InChI=1S/C20H29N3O4/c1-14(2)18(22-20(26)21-16-7-5-4-6-8-16)19(25)27-13-17(24)23-11-9-15(3)10-12-23/h4-8,14-15,18H,9-13H2,1-3H3,(H2,21,22,26)/t18-/m1/s1. The number of nitrogens with zero attached hydrogens (tertiary/aromatic N) is 1. The summed E-state index contributed by atoms with van der Waals surface area (Å²) in [5.74, 6) is -0.349. The van der Waals surface area contributed by atoms with Crippen LogP contribution in [0.25, 0.3) is 0 Å². The van der Waals surface area contributed by atoms with E-state index in [0.717, 1.165) is 12.8 Å². The van der Waals surface area contributed by atoms with Crippen LogP contribution in [0, 0.1) is 11.8 Å². The number of piperidine rings is 1. The lowest BCUT2D eigenvalue weighted by Crippen LogP contribution is -2.48. The number of urea groups is 1. The minimum absolute atomic E-state index is 0.176. The molecule has 1 aliphatic rings. The van der Waals surface area contributed by atoms with Gasteiger partial charge in [-0.2, -0.15) is 0 Å². The molecule has 1 fully saturated rings. The number of hydrogen-bond donors (Lipinski definition) is 2. The Balaban J connectivity index is 1.83. The van der Waals surface area contributed by atoms with Crippen molar-refractivity contribution < 1.29 is 19.1 Å². The van der Waals surface area contributed by atoms with Crippen LogP contribution in [0.4, 0.5) is 10.5 Å². The average molecular weight is 375 g/mol. The quantitative estimate of drug-likeness (QED) is 0.748. The number of hydrogen-bond acceptors (Lipinski definition) is 4. The summed E-state index contributed by atoms with van der Waals surface area (Å²) in [5, 5.41) is 5.29. The van der Waals surface area contributed by atoms with Crippen molar-refractivity contribution in [1.29, 1.82) is 0 Å². The summed E-state index contributed by atoms with van der Waals surface area (Å²) < 4.78 is 5.19. The molecule has 0 radical (unpaired) electrons. The van der Waals surface area contributed by atoms with E-state index in [2.05, 4.69) is 17.6 Å². The predicted octanol–water partition coefficient (Wildman–Crippen LogP) is 2.63. The zero-order chi connectivity index (χ0) is 19.8. The summed E-state index contributed by atoms with van der Waals surface area (Å²) in [5.41, 5.74) is 0.625. The zero-order valence-corrected chi connectivity index (χ0v) is 16.2. The molecule has 0 saturated carbocycles. The zero-order valence-electron chi connectivity index (χ0n) is 16.2. The van der Waals surface area contributed by atoms with Gasteiger partial charge < -0.3 is 20.3 Å². The molecule has 1 aromatic rings. The largest absolute Gasteiger partial charge is 0.454 e. The Morgan fingerprint density at radius 2 is 1.78 bits per heavy atom. The minimum atomic E-state index is -0.831. The van der Waals surface area contributed by atoms with Crippen LogP contribution in [0.3, 0.4) is 0 Å². The molecule has 3 amide bonds. The van der Waals surface area contributed by atoms with E-state index in [1.54, 1.807) is 29.2 Å². The van der Waals surface area contributed by atoms with Crippen LogP contribution in [0.2, 0.25) is 0 Å². The molecule has 0 bridgehead atoms. The maximum absolute atomic E-state index is 12.4. The molecule has 0 aliphatic carbocycles. The lowest BCUT2D eigenvalue weighted by atomic mass is 9.99. The summed E-state index contributed by atoms with van der Waals surface area (Å²) in [6, 6.07) is 7.63. The number of anilines is 1. The highest BCUT2D eigenvalue weighted by Gasteiger charge is 2.27. The molecule has 0 spiro atoms. The molecule has 1 aliphatic heterocycles. The van der Waals surface area contributed by atoms with E-state index in [-0.39, 0.29) is 18.4 Å². The molecule has 148 valence electrons. The minimum Gasteiger partial charge on any atom is -0.454 e. The van der Waals surface area contributed by atoms with Crippen molar-refractivity contribution in [2.24, 2.45) is 11.8 Å². The Hall–Kier alpha value is -2.57. The molecular weight excluding hydrogens is 346 g/mol. The first-order valence-electron chi connectivity index (χ1n) is 9.43. The van der Waals surface area contributed by atoms with Gasteiger partial charge >= 0.3 is 12.0 Å². The predicted molar refractivity (Wildman–Crippen MR) is 103 cm³/mol. The van der Waals surface area contributed by atoms with Gasteiger partial charge in [0, 0.05) is 18.8 Å². The Morgan fingerprint density at radius 3 is 2.37 bits per heavy atom. The molecule has 2 rings (SSSR count). The second-order valence-corrected chi connectivity index (χ2v) is 7.36. The van der Waals surface area contributed by atoms with E-state index in [9.17, 15) is 14.4 Å². The average Bonchev–Trinajstić information content (AvgIpc) is 2.65. The monoisotopic (exact) mass is 375 g/mol. The summed E-state index contributed by atoms with van der Waals surface area (Å²) >= 11 is 0. The number of para-hydroxylation sites is 1. The number of amides is 3. The van der Waals surface area contributed by atoms with E-state index >= 15 is 0 Å². The van der Waals surface area contributed by atoms with E-state index in [1.807, 2.05) is 19.9 Å². The van der Waals surface area contributed by atoms with E-state index in [0.29, 0.717) is 24.7 Å². The fourth-order valence-electron chi connectivity index (χ4n) is 2.90. The number of carbonyl (C=O) groups excluding carboxylic acids is 3. The van der Waals surface area contributed by atoms with Crippen molar-refractivity contribution in [1.82, 2.24) is 10.2 Å². The fraction of sp³-hybridized carbons (Fsp3) is 0.550. The Kier molecular flexibility index (Phi) is 7.64. The van der Waals surface area contributed by atoms with Crippen molar-refractivity contribution in [3.05, 3.63) is 30.3 Å². The van der Waals surface area contributed by atoms with Crippen LogP contribution in [0.5, 0.6) is 0 Å². The maximum Gasteiger partial charge on any atom is 0.329 e. The molecule has 0 unspecified atom stereocenters. The van der Waals surface area contributed by atoms with Gasteiger partial charge in [0.25, 0.3) is 5.91 Å². The highest BCUT2D eigenvalue weighted by molar-refractivity contribution is 5.93. The number of ether oxygens (including phenoxy) is 1. The fourth-order valence-corrected chi connectivity index (χ4v) is 2.90. The number of benzene rings is 1. The summed E-state index contributed by atoms with van der Waals surface area (Å²) in [4.78, 5) is 38.5. The van der Waals surface area contributed by atoms with Gasteiger partial charge in [0.15, 0.2) is 6.61 Å². The number of nitrogens with one attached hydrogen (secondary N) is 2. The van der Waals surface area contributed by atoms with Crippen LogP contribution in [0.1, 0.15) is 33.6 Å². The van der Waals surface area contributed by atoms with Crippen molar-refractivity contribution in [3.8, 4) is 0 Å². The van der Waals surface area contributed by atoms with Crippen LogP contribution in [0.15, 0.2) is 30.3 Å². The molecule has 2 N–H and O–H groups in total. The van der Waals surface area contributed by atoms with Crippen LogP contribution in [-0.4, -0.2) is 48.5 Å². The van der Waals surface area contributed by atoms with Gasteiger partial charge in [-0.15, -0.1) is 0 Å². The van der Waals surface area contributed by atoms with E-state index in [1.165, 1.54) is 0 Å². The Morgan fingerprint density at radius 1 is 1.15 bits per heavy atom. The van der Waals surface area contributed by atoms with Gasteiger partial charge in [-0.05, 0) is 36.8 Å². The van der Waals surface area contributed by atoms with E-state index < -0.39 is 18.0 Å². The Labute approximate surface area is 160 Å². The smallest absolute Gasteiger partial charge is 0.329 e. The molecular formula is C20H29N3O4. The number of rotatable bonds is 6. The van der Waals surface area contributed by atoms with Gasteiger partial charge in [-0.25, -0.2) is 9.59 Å². The lowest BCUT2D eigenvalue weighted by Gasteiger charge is -2.30. The van der Waals surface area contributed by atoms with Gasteiger partial charge in [-0.3, -0.25) is 4.79 Å². The van der Waals surface area contributed by atoms with Crippen LogP contribution in [-0.2, 0) is 14.3 Å². The molecule has 1 atom stereocenters. The molecule has 7 nitrogen and oxygen atoms in total. The highest BCUT2D eigenvalue weighted by Crippen LogP contribution is 2.16. The van der Waals surface area contributed by atoms with Crippen LogP contribution < -0.4 is 10.6 Å². The first-order chi connectivity index (χ1) is 12.9. The normalized spacial score (nSPS) is 15.9. The third kappa shape index (κ3) is 6.58. The highest BCUT2D eigenvalue weighted by atomic mass is 16.5. The molecule has 1 heterocycles. The lowest BCUT2D eigenvalue weighted by molar-refractivity contribution is -0.154. The summed E-state index contributed by atoms with van der Waals surface area (Å²) in [7, 11) is 0. The topological polar surface area (TPSA) is 87.7 Å². The molecule has 0 aromatic heterocycles. The molecule has 7 heteroatoms. The SMILES string of the molecule is CC1CCN(C(=O)COC(=O)[C@H](NC(=O)Nc2ccccc2)C(C)C)CC1. The first-order valence-corrected chi connectivity index (χ1v) is 9.43. The second kappa shape index (κ2) is 9.94. The number of esters is 1. The molecule has 1 aromatic carbocycles. The van der Waals surface area contributed by atoms with Gasteiger partial charge in [0.2, 0.25) is 0 Å².